The van der Waals surface area contributed by atoms with E-state index in [9.17, 15) is 14.7 Å². The largest absolute Gasteiger partial charge is 0.491 e. The lowest BCUT2D eigenvalue weighted by molar-refractivity contribution is -0.134. The average Bonchev–Trinajstić information content (AvgIpc) is 3.01. The summed E-state index contributed by atoms with van der Waals surface area (Å²) >= 11 is 0. The predicted molar refractivity (Wildman–Crippen MR) is 131 cm³/mol. The van der Waals surface area contributed by atoms with Crippen LogP contribution in [0.3, 0.4) is 0 Å². The second kappa shape index (κ2) is 9.76. The Balaban J connectivity index is 1.37. The monoisotopic (exact) mass is 465 g/mol. The Morgan fingerprint density at radius 1 is 1.09 bits per heavy atom. The molecule has 1 spiro atoms. The smallest absolute Gasteiger partial charge is 0.325 e. The highest BCUT2D eigenvalue weighted by Crippen LogP contribution is 2.32. The number of para-hydroxylation sites is 1. The number of ether oxygens (including phenoxy) is 1. The number of amides is 3. The van der Waals surface area contributed by atoms with Crippen molar-refractivity contribution in [2.75, 3.05) is 26.2 Å². The van der Waals surface area contributed by atoms with E-state index in [-0.39, 0.29) is 24.5 Å². The number of benzene rings is 2. The lowest BCUT2D eigenvalue weighted by Crippen LogP contribution is -2.58. The quantitative estimate of drug-likeness (QED) is 0.613. The number of rotatable bonds is 7. The van der Waals surface area contributed by atoms with Crippen LogP contribution in [0.5, 0.6) is 5.75 Å². The summed E-state index contributed by atoms with van der Waals surface area (Å²) in [6, 6.07) is 17.4. The molecule has 4 rings (SSSR count). The molecule has 2 heterocycles. The van der Waals surface area contributed by atoms with Crippen LogP contribution in [-0.2, 0) is 16.8 Å². The van der Waals surface area contributed by atoms with Crippen LogP contribution in [0.1, 0.15) is 44.7 Å². The van der Waals surface area contributed by atoms with Crippen LogP contribution in [0, 0.1) is 0 Å². The lowest BCUT2D eigenvalue weighted by Gasteiger charge is -2.38. The van der Waals surface area contributed by atoms with Gasteiger partial charge in [0, 0.05) is 13.1 Å². The first-order valence-corrected chi connectivity index (χ1v) is 12.0. The zero-order valence-corrected chi connectivity index (χ0v) is 20.3. The number of aliphatic hydroxyl groups is 1. The van der Waals surface area contributed by atoms with Gasteiger partial charge < -0.3 is 15.2 Å². The van der Waals surface area contributed by atoms with Crippen molar-refractivity contribution in [1.29, 1.82) is 0 Å². The molecule has 2 aliphatic rings. The third-order valence-electron chi connectivity index (χ3n) is 6.59. The topological polar surface area (TPSA) is 82.1 Å². The number of aliphatic hydroxyl groups excluding tert-OH is 1. The van der Waals surface area contributed by atoms with Crippen LogP contribution in [0.25, 0.3) is 0 Å². The van der Waals surface area contributed by atoms with Crippen molar-refractivity contribution in [2.45, 2.75) is 57.2 Å². The summed E-state index contributed by atoms with van der Waals surface area (Å²) in [7, 11) is 0. The highest BCUT2D eigenvalue weighted by Gasteiger charge is 2.53. The minimum atomic E-state index is -0.984. The molecule has 182 valence electrons. The van der Waals surface area contributed by atoms with E-state index < -0.39 is 17.7 Å². The van der Waals surface area contributed by atoms with Crippen LogP contribution in [0.15, 0.2) is 54.6 Å². The van der Waals surface area contributed by atoms with Gasteiger partial charge in [0.25, 0.3) is 5.91 Å². The van der Waals surface area contributed by atoms with Crippen LogP contribution in [-0.4, -0.2) is 64.7 Å². The van der Waals surface area contributed by atoms with Gasteiger partial charge in [0.05, 0.1) is 6.54 Å². The number of hydrogen-bond donors (Lipinski definition) is 2. The number of likely N-dealkylation sites (tertiary alicyclic amines) is 1. The second-order valence-corrected chi connectivity index (χ2v) is 10.4. The third kappa shape index (κ3) is 5.26. The average molecular weight is 466 g/mol. The van der Waals surface area contributed by atoms with Gasteiger partial charge in [-0.3, -0.25) is 14.6 Å². The fourth-order valence-corrected chi connectivity index (χ4v) is 4.90. The molecule has 7 nitrogen and oxygen atoms in total. The maximum Gasteiger partial charge on any atom is 0.325 e. The molecular formula is C27H35N3O4. The Hall–Kier alpha value is -2.90. The maximum atomic E-state index is 13.4. The van der Waals surface area contributed by atoms with Crippen molar-refractivity contribution in [3.63, 3.8) is 0 Å². The Bertz CT molecular complexity index is 1020. The van der Waals surface area contributed by atoms with E-state index in [1.54, 1.807) is 0 Å². The number of β-amino-alcohol motifs (C(OH)–C–C–N with tert-alkyl or cyclic N) is 1. The summed E-state index contributed by atoms with van der Waals surface area (Å²) in [6.45, 7) is 8.28. The number of carbonyl (C=O) groups excluding carboxylic acids is 2. The molecule has 2 aliphatic heterocycles. The number of nitrogens with one attached hydrogen (secondary N) is 1. The maximum absolute atomic E-state index is 13.4. The van der Waals surface area contributed by atoms with Gasteiger partial charge in [-0.1, -0.05) is 69.3 Å². The number of piperidine rings is 1. The van der Waals surface area contributed by atoms with Crippen molar-refractivity contribution < 1.29 is 19.4 Å². The van der Waals surface area contributed by atoms with Gasteiger partial charge >= 0.3 is 6.03 Å². The fourth-order valence-electron chi connectivity index (χ4n) is 4.90. The molecule has 0 aliphatic carbocycles. The molecule has 3 amide bonds. The first-order chi connectivity index (χ1) is 16.2. The minimum Gasteiger partial charge on any atom is -0.491 e. The minimum absolute atomic E-state index is 0.00269. The predicted octanol–water partition coefficient (Wildman–Crippen LogP) is 3.31. The van der Waals surface area contributed by atoms with E-state index in [0.29, 0.717) is 18.7 Å². The molecule has 7 heteroatoms. The van der Waals surface area contributed by atoms with E-state index in [4.69, 9.17) is 4.74 Å². The number of nitrogens with zero attached hydrogens (tertiary/aromatic N) is 2. The van der Waals surface area contributed by atoms with Crippen molar-refractivity contribution in [3.05, 3.63) is 65.7 Å². The van der Waals surface area contributed by atoms with E-state index in [0.717, 1.165) is 30.0 Å². The van der Waals surface area contributed by atoms with Crippen LogP contribution < -0.4 is 10.1 Å². The Labute approximate surface area is 201 Å². The molecule has 0 saturated carbocycles. The van der Waals surface area contributed by atoms with Gasteiger partial charge in [0.2, 0.25) is 0 Å². The van der Waals surface area contributed by atoms with Crippen LogP contribution in [0.2, 0.25) is 0 Å². The number of imide groups is 1. The SMILES string of the molecule is CC(C)(C)c1ccccc1OCC(O)CN1C(=O)NC2(CCCN(Cc3ccccc3)C2)C1=O. The normalized spacial score (nSPS) is 22.2. The molecule has 2 atom stereocenters. The lowest BCUT2D eigenvalue weighted by atomic mass is 9.86. The van der Waals surface area contributed by atoms with Crippen LogP contribution >= 0.6 is 0 Å². The third-order valence-corrected chi connectivity index (χ3v) is 6.59. The molecule has 2 unspecified atom stereocenters. The summed E-state index contributed by atoms with van der Waals surface area (Å²) < 4.78 is 5.90. The van der Waals surface area contributed by atoms with Crippen molar-refractivity contribution in [2.24, 2.45) is 0 Å². The molecule has 2 aromatic rings. The number of hydrogen-bond acceptors (Lipinski definition) is 5. The molecule has 2 N–H and O–H groups in total. The van der Waals surface area contributed by atoms with Crippen molar-refractivity contribution >= 4 is 11.9 Å². The summed E-state index contributed by atoms with van der Waals surface area (Å²) in [5.74, 6) is 0.441. The second-order valence-electron chi connectivity index (χ2n) is 10.4. The van der Waals surface area contributed by atoms with Gasteiger partial charge in [-0.25, -0.2) is 4.79 Å². The Morgan fingerprint density at radius 2 is 1.79 bits per heavy atom. The zero-order chi connectivity index (χ0) is 24.3. The molecule has 2 fully saturated rings. The van der Waals surface area contributed by atoms with Gasteiger partial charge in [0.1, 0.15) is 24.0 Å². The van der Waals surface area contributed by atoms with Crippen LogP contribution in [0.4, 0.5) is 4.79 Å². The highest BCUT2D eigenvalue weighted by atomic mass is 16.5. The van der Waals surface area contributed by atoms with E-state index >= 15 is 0 Å². The molecule has 0 bridgehead atoms. The van der Waals surface area contributed by atoms with Crippen molar-refractivity contribution in [1.82, 2.24) is 15.1 Å². The van der Waals surface area contributed by atoms with E-state index in [2.05, 4.69) is 43.1 Å². The molecule has 0 radical (unpaired) electrons. The molecule has 0 aromatic heterocycles. The van der Waals surface area contributed by atoms with Gasteiger partial charge in [-0.05, 0) is 42.0 Å². The number of urea groups is 1. The first-order valence-electron chi connectivity index (χ1n) is 12.0. The summed E-state index contributed by atoms with van der Waals surface area (Å²) in [4.78, 5) is 29.5. The van der Waals surface area contributed by atoms with Gasteiger partial charge in [-0.2, -0.15) is 0 Å². The molecule has 2 saturated heterocycles. The van der Waals surface area contributed by atoms with Gasteiger partial charge in [-0.15, -0.1) is 0 Å². The molecule has 34 heavy (non-hydrogen) atoms. The number of carbonyl (C=O) groups is 2. The summed E-state index contributed by atoms with van der Waals surface area (Å²) in [6.07, 6.45) is 0.439. The zero-order valence-electron chi connectivity index (χ0n) is 20.3. The summed E-state index contributed by atoms with van der Waals surface area (Å²) in [5, 5.41) is 13.6. The van der Waals surface area contributed by atoms with E-state index in [1.165, 1.54) is 5.56 Å². The standard InChI is InChI=1S/C27H35N3O4/c1-26(2,3)22-12-7-8-13-23(22)34-18-21(31)17-30-24(32)27(28-25(30)33)14-9-15-29(19-27)16-20-10-5-4-6-11-20/h4-8,10-13,21,31H,9,14-19H2,1-3H3,(H,28,33). The van der Waals surface area contributed by atoms with Crippen molar-refractivity contribution in [3.8, 4) is 5.75 Å². The molecular weight excluding hydrogens is 430 g/mol. The van der Waals surface area contributed by atoms with E-state index in [1.807, 2.05) is 42.5 Å². The summed E-state index contributed by atoms with van der Waals surface area (Å²) in [5.41, 5.74) is 1.18. The molecule has 2 aromatic carbocycles. The Morgan fingerprint density at radius 3 is 2.53 bits per heavy atom. The highest BCUT2D eigenvalue weighted by molar-refractivity contribution is 6.07. The Kier molecular flexibility index (Phi) is 6.96. The first kappa shape index (κ1) is 24.2. The fraction of sp³-hybridized carbons (Fsp3) is 0.481. The van der Waals surface area contributed by atoms with Gasteiger partial charge in [0.15, 0.2) is 0 Å².